The fourth-order valence-electron chi connectivity index (χ4n) is 2.03. The average Bonchev–Trinajstić information content (AvgIpc) is 2.57. The van der Waals surface area contributed by atoms with E-state index in [0.717, 1.165) is 0 Å². The molecule has 8 heteroatoms. The van der Waals surface area contributed by atoms with Gasteiger partial charge in [0.2, 0.25) is 5.91 Å². The Balaban J connectivity index is 2.08. The normalized spacial score (nSPS) is 10.4. The molecule has 132 valence electrons. The standard InChI is InChI=1S/C17H19ClN4O3/c1-10(2)8-16(23)20-15-7-6-14(21-22-15)19-13-9-11(17(24)25-3)4-5-12(13)18/h4-7,9-10H,8H2,1-3H3,(H,19,21)(H,20,22,23). The van der Waals surface area contributed by atoms with Gasteiger partial charge in [-0.1, -0.05) is 25.4 Å². The summed E-state index contributed by atoms with van der Waals surface area (Å²) >= 11 is 6.12. The molecule has 2 N–H and O–H groups in total. The first-order chi connectivity index (χ1) is 11.9. The van der Waals surface area contributed by atoms with Crippen LogP contribution < -0.4 is 10.6 Å². The Kier molecular flexibility index (Phi) is 6.30. The highest BCUT2D eigenvalue weighted by atomic mass is 35.5. The molecule has 0 saturated heterocycles. The number of hydrogen-bond acceptors (Lipinski definition) is 6. The van der Waals surface area contributed by atoms with Crippen LogP contribution >= 0.6 is 11.6 Å². The highest BCUT2D eigenvalue weighted by molar-refractivity contribution is 6.33. The smallest absolute Gasteiger partial charge is 0.337 e. The highest BCUT2D eigenvalue weighted by Crippen LogP contribution is 2.26. The third-order valence-electron chi connectivity index (χ3n) is 3.18. The van der Waals surface area contributed by atoms with Gasteiger partial charge in [0.15, 0.2) is 11.6 Å². The molecule has 0 aliphatic carbocycles. The molecule has 0 saturated carbocycles. The summed E-state index contributed by atoms with van der Waals surface area (Å²) in [6, 6.07) is 8.00. The maximum atomic E-state index is 11.7. The number of benzene rings is 1. The predicted molar refractivity (Wildman–Crippen MR) is 96.2 cm³/mol. The van der Waals surface area contributed by atoms with Gasteiger partial charge in [0.05, 0.1) is 23.4 Å². The van der Waals surface area contributed by atoms with Crippen LogP contribution in [0.25, 0.3) is 0 Å². The summed E-state index contributed by atoms with van der Waals surface area (Å²) in [7, 11) is 1.31. The number of ether oxygens (including phenoxy) is 1. The number of methoxy groups -OCH3 is 1. The quantitative estimate of drug-likeness (QED) is 0.762. The van der Waals surface area contributed by atoms with Crippen LogP contribution in [0.5, 0.6) is 0 Å². The Bertz CT molecular complexity index is 763. The Morgan fingerprint density at radius 1 is 1.16 bits per heavy atom. The van der Waals surface area contributed by atoms with Gasteiger partial charge in [-0.15, -0.1) is 10.2 Å². The second kappa shape index (κ2) is 8.43. The number of esters is 1. The molecule has 2 aromatic rings. The van der Waals surface area contributed by atoms with Gasteiger partial charge in [0.25, 0.3) is 0 Å². The first kappa shape index (κ1) is 18.7. The van der Waals surface area contributed by atoms with E-state index < -0.39 is 5.97 Å². The predicted octanol–water partition coefficient (Wildman–Crippen LogP) is 3.64. The van der Waals surface area contributed by atoms with E-state index in [1.165, 1.54) is 7.11 Å². The zero-order valence-electron chi connectivity index (χ0n) is 14.2. The topological polar surface area (TPSA) is 93.2 Å². The summed E-state index contributed by atoms with van der Waals surface area (Å²) < 4.78 is 4.68. The lowest BCUT2D eigenvalue weighted by atomic mass is 10.1. The van der Waals surface area contributed by atoms with Gasteiger partial charge < -0.3 is 15.4 Å². The molecule has 0 spiro atoms. The Morgan fingerprint density at radius 3 is 2.44 bits per heavy atom. The van der Waals surface area contributed by atoms with Crippen molar-refractivity contribution in [3.63, 3.8) is 0 Å². The number of rotatable bonds is 6. The average molecular weight is 363 g/mol. The first-order valence-corrected chi connectivity index (χ1v) is 8.05. The number of amides is 1. The van der Waals surface area contributed by atoms with Crippen LogP contribution in [-0.4, -0.2) is 29.2 Å². The largest absolute Gasteiger partial charge is 0.465 e. The van der Waals surface area contributed by atoms with E-state index in [9.17, 15) is 9.59 Å². The summed E-state index contributed by atoms with van der Waals surface area (Å²) in [5, 5.41) is 14.0. The van der Waals surface area contributed by atoms with Crippen molar-refractivity contribution in [2.75, 3.05) is 17.7 Å². The highest BCUT2D eigenvalue weighted by Gasteiger charge is 2.10. The monoisotopic (exact) mass is 362 g/mol. The van der Waals surface area contributed by atoms with Crippen LogP contribution in [0.2, 0.25) is 5.02 Å². The van der Waals surface area contributed by atoms with Crippen LogP contribution in [-0.2, 0) is 9.53 Å². The molecule has 25 heavy (non-hydrogen) atoms. The van der Waals surface area contributed by atoms with Gasteiger partial charge in [0, 0.05) is 6.42 Å². The third-order valence-corrected chi connectivity index (χ3v) is 3.51. The van der Waals surface area contributed by atoms with Gasteiger partial charge >= 0.3 is 5.97 Å². The molecular formula is C17H19ClN4O3. The number of carbonyl (C=O) groups excluding carboxylic acids is 2. The van der Waals surface area contributed by atoms with Gasteiger partial charge in [0.1, 0.15) is 0 Å². The Labute approximate surface area is 150 Å². The summed E-state index contributed by atoms with van der Waals surface area (Å²) in [5.74, 6) is 0.474. The second-order valence-corrected chi connectivity index (χ2v) is 6.17. The molecule has 1 heterocycles. The van der Waals surface area contributed by atoms with E-state index in [4.69, 9.17) is 11.6 Å². The molecular weight excluding hydrogens is 344 g/mol. The molecule has 0 atom stereocenters. The third kappa shape index (κ3) is 5.42. The van der Waals surface area contributed by atoms with Crippen LogP contribution in [0, 0.1) is 5.92 Å². The van der Waals surface area contributed by atoms with Crippen molar-refractivity contribution in [3.8, 4) is 0 Å². The van der Waals surface area contributed by atoms with E-state index in [1.54, 1.807) is 30.3 Å². The first-order valence-electron chi connectivity index (χ1n) is 7.67. The van der Waals surface area contributed by atoms with E-state index in [2.05, 4.69) is 25.6 Å². The number of carbonyl (C=O) groups is 2. The van der Waals surface area contributed by atoms with Crippen LogP contribution in [0.15, 0.2) is 30.3 Å². The van der Waals surface area contributed by atoms with Crippen molar-refractivity contribution < 1.29 is 14.3 Å². The fourth-order valence-corrected chi connectivity index (χ4v) is 2.20. The van der Waals surface area contributed by atoms with Crippen LogP contribution in [0.4, 0.5) is 17.3 Å². The zero-order valence-corrected chi connectivity index (χ0v) is 14.9. The minimum Gasteiger partial charge on any atom is -0.465 e. The molecule has 0 aliphatic rings. The molecule has 1 aromatic carbocycles. The Morgan fingerprint density at radius 2 is 1.84 bits per heavy atom. The summed E-state index contributed by atoms with van der Waals surface area (Å²) in [6.45, 7) is 3.93. The molecule has 0 radical (unpaired) electrons. The van der Waals surface area contributed by atoms with Crippen molar-refractivity contribution in [2.24, 2.45) is 5.92 Å². The maximum absolute atomic E-state index is 11.7. The van der Waals surface area contributed by atoms with E-state index >= 15 is 0 Å². The molecule has 1 aromatic heterocycles. The van der Waals surface area contributed by atoms with E-state index in [1.807, 2.05) is 13.8 Å². The van der Waals surface area contributed by atoms with Crippen molar-refractivity contribution in [1.29, 1.82) is 0 Å². The number of hydrogen-bond donors (Lipinski definition) is 2. The van der Waals surface area contributed by atoms with Crippen molar-refractivity contribution in [2.45, 2.75) is 20.3 Å². The van der Waals surface area contributed by atoms with Crippen LogP contribution in [0.3, 0.4) is 0 Å². The summed E-state index contributed by atoms with van der Waals surface area (Å²) in [5.41, 5.74) is 0.857. The lowest BCUT2D eigenvalue weighted by Crippen LogP contribution is -2.15. The van der Waals surface area contributed by atoms with Gasteiger partial charge in [-0.25, -0.2) is 4.79 Å². The second-order valence-electron chi connectivity index (χ2n) is 5.76. The fraction of sp³-hybridized carbons (Fsp3) is 0.294. The molecule has 1 amide bonds. The molecule has 0 aliphatic heterocycles. The Hall–Kier alpha value is -2.67. The van der Waals surface area contributed by atoms with E-state index in [-0.39, 0.29) is 11.8 Å². The molecule has 0 bridgehead atoms. The van der Waals surface area contributed by atoms with Crippen molar-refractivity contribution >= 4 is 40.8 Å². The van der Waals surface area contributed by atoms with E-state index in [0.29, 0.717) is 34.3 Å². The number of halogens is 1. The number of nitrogens with zero attached hydrogens (tertiary/aromatic N) is 2. The van der Waals surface area contributed by atoms with Crippen LogP contribution in [0.1, 0.15) is 30.6 Å². The zero-order chi connectivity index (χ0) is 18.4. The van der Waals surface area contributed by atoms with Gasteiger partial charge in [-0.05, 0) is 36.2 Å². The molecule has 2 rings (SSSR count). The lowest BCUT2D eigenvalue weighted by Gasteiger charge is -2.10. The van der Waals surface area contributed by atoms with Gasteiger partial charge in [-0.2, -0.15) is 0 Å². The lowest BCUT2D eigenvalue weighted by molar-refractivity contribution is -0.116. The molecule has 0 unspecified atom stereocenters. The number of aromatic nitrogens is 2. The SMILES string of the molecule is COC(=O)c1ccc(Cl)c(Nc2ccc(NC(=O)CC(C)C)nn2)c1. The van der Waals surface area contributed by atoms with Gasteiger partial charge in [-0.3, -0.25) is 4.79 Å². The minimum atomic E-state index is -0.464. The number of anilines is 3. The summed E-state index contributed by atoms with van der Waals surface area (Å²) in [4.78, 5) is 23.3. The molecule has 0 fully saturated rings. The summed E-state index contributed by atoms with van der Waals surface area (Å²) in [6.07, 6.45) is 0.414. The van der Waals surface area contributed by atoms with Crippen molar-refractivity contribution in [3.05, 3.63) is 40.9 Å². The minimum absolute atomic E-state index is 0.112. The number of nitrogens with one attached hydrogen (secondary N) is 2. The molecule has 7 nitrogen and oxygen atoms in total. The maximum Gasteiger partial charge on any atom is 0.337 e. The van der Waals surface area contributed by atoms with Crippen molar-refractivity contribution in [1.82, 2.24) is 10.2 Å².